The van der Waals surface area contributed by atoms with Crippen molar-refractivity contribution < 1.29 is 0 Å². The van der Waals surface area contributed by atoms with Crippen LogP contribution in [0.5, 0.6) is 0 Å². The molecule has 0 amide bonds. The van der Waals surface area contributed by atoms with Gasteiger partial charge in [-0.1, -0.05) is 0 Å². The Bertz CT molecular complexity index is 389. The summed E-state index contributed by atoms with van der Waals surface area (Å²) in [4.78, 5) is 3.80. The molecule has 1 aromatic heterocycles. The Labute approximate surface area is 120 Å². The largest absolute Gasteiger partial charge is 0.298 e. The molecule has 2 rings (SSSR count). The van der Waals surface area contributed by atoms with Crippen molar-refractivity contribution in [1.29, 1.82) is 0 Å². The summed E-state index contributed by atoms with van der Waals surface area (Å²) in [7, 11) is 0. The van der Waals surface area contributed by atoms with Crippen molar-refractivity contribution in [1.82, 2.24) is 9.27 Å². The first kappa shape index (κ1) is 14.3. The average Bonchev–Trinajstić information content (AvgIpc) is 2.74. The fourth-order valence-electron chi connectivity index (χ4n) is 2.61. The van der Waals surface area contributed by atoms with E-state index in [0.717, 1.165) is 18.8 Å². The average molecular weight is 287 g/mol. The van der Waals surface area contributed by atoms with Crippen LogP contribution >= 0.6 is 23.1 Å². The van der Waals surface area contributed by atoms with Crippen LogP contribution in [0, 0.1) is 12.8 Å². The van der Waals surface area contributed by atoms with E-state index < -0.39 is 0 Å². The summed E-state index contributed by atoms with van der Waals surface area (Å²) in [6, 6.07) is 2.14. The third-order valence-corrected chi connectivity index (χ3v) is 5.50. The van der Waals surface area contributed by atoms with E-state index in [1.165, 1.54) is 17.7 Å². The third kappa shape index (κ3) is 3.25. The Balaban J connectivity index is 1.94. The van der Waals surface area contributed by atoms with E-state index in [0.29, 0.717) is 5.92 Å². The summed E-state index contributed by atoms with van der Waals surface area (Å²) < 4.78 is 4.33. The summed E-state index contributed by atoms with van der Waals surface area (Å²) in [6.07, 6.45) is 2.39. The van der Waals surface area contributed by atoms with Gasteiger partial charge in [0.2, 0.25) is 0 Å². The number of piperidine rings is 1. The minimum absolute atomic E-state index is 0.151. The normalized spacial score (nSPS) is 21.2. The van der Waals surface area contributed by atoms with Crippen LogP contribution < -0.4 is 0 Å². The van der Waals surface area contributed by atoms with Gasteiger partial charge in [0, 0.05) is 10.4 Å². The lowest BCUT2D eigenvalue weighted by Crippen LogP contribution is -2.46. The van der Waals surface area contributed by atoms with Gasteiger partial charge < -0.3 is 0 Å². The highest BCUT2D eigenvalue weighted by Crippen LogP contribution is 2.38. The summed E-state index contributed by atoms with van der Waals surface area (Å²) >= 11 is 8.17. The lowest BCUT2D eigenvalue weighted by molar-refractivity contribution is 0.0866. The van der Waals surface area contributed by atoms with Crippen LogP contribution in [-0.2, 0) is 0 Å². The van der Waals surface area contributed by atoms with Crippen LogP contribution in [-0.4, -0.2) is 27.9 Å². The molecule has 0 aliphatic carbocycles. The Kier molecular flexibility index (Phi) is 4.35. The van der Waals surface area contributed by atoms with E-state index in [2.05, 4.69) is 36.1 Å². The van der Waals surface area contributed by atoms with Gasteiger partial charge in [0.1, 0.15) is 0 Å². The topological polar surface area (TPSA) is 16.1 Å². The molecular formula is C14H23ClN2S. The minimum atomic E-state index is 0.151. The van der Waals surface area contributed by atoms with Gasteiger partial charge in [-0.2, -0.15) is 4.37 Å². The highest BCUT2D eigenvalue weighted by molar-refractivity contribution is 7.06. The summed E-state index contributed by atoms with van der Waals surface area (Å²) in [5, 5.41) is 0.151. The third-order valence-electron chi connectivity index (χ3n) is 3.82. The molecule has 1 saturated heterocycles. The maximum Gasteiger partial charge on any atom is 0.0723 e. The molecule has 1 atom stereocenters. The van der Waals surface area contributed by atoms with E-state index >= 15 is 0 Å². The molecule has 0 N–H and O–H groups in total. The Hall–Kier alpha value is -0.120. The van der Waals surface area contributed by atoms with Crippen molar-refractivity contribution in [2.45, 2.75) is 51.5 Å². The van der Waals surface area contributed by atoms with Crippen LogP contribution in [0.15, 0.2) is 6.07 Å². The fraction of sp³-hybridized carbons (Fsp3) is 0.786. The Morgan fingerprint density at radius 1 is 1.39 bits per heavy atom. The first-order chi connectivity index (χ1) is 8.38. The molecule has 0 aromatic carbocycles. The number of aromatic nitrogens is 1. The second kappa shape index (κ2) is 5.48. The van der Waals surface area contributed by atoms with Gasteiger partial charge in [-0.05, 0) is 77.1 Å². The maximum absolute atomic E-state index is 6.61. The number of hydrogen-bond acceptors (Lipinski definition) is 3. The van der Waals surface area contributed by atoms with Gasteiger partial charge in [-0.15, -0.1) is 11.6 Å². The smallest absolute Gasteiger partial charge is 0.0723 e. The molecule has 1 unspecified atom stereocenters. The molecule has 0 spiro atoms. The molecule has 0 bridgehead atoms. The molecule has 0 saturated carbocycles. The summed E-state index contributed by atoms with van der Waals surface area (Å²) in [5.74, 6) is 0.602. The second-order valence-corrected chi connectivity index (χ2v) is 7.57. The van der Waals surface area contributed by atoms with Crippen molar-refractivity contribution in [2.24, 2.45) is 5.92 Å². The molecule has 0 radical (unpaired) electrons. The minimum Gasteiger partial charge on any atom is -0.298 e. The Morgan fingerprint density at radius 2 is 2.00 bits per heavy atom. The first-order valence-electron chi connectivity index (χ1n) is 6.70. The zero-order chi connectivity index (χ0) is 13.3. The molecule has 102 valence electrons. The summed E-state index contributed by atoms with van der Waals surface area (Å²) in [5.41, 5.74) is 1.38. The van der Waals surface area contributed by atoms with Crippen LogP contribution in [0.25, 0.3) is 0 Å². The zero-order valence-corrected chi connectivity index (χ0v) is 13.3. The lowest BCUT2D eigenvalue weighted by Gasteiger charge is -2.41. The van der Waals surface area contributed by atoms with Crippen LogP contribution in [0.4, 0.5) is 0 Å². The number of nitrogens with zero attached hydrogens (tertiary/aromatic N) is 2. The van der Waals surface area contributed by atoms with Crippen LogP contribution in [0.2, 0.25) is 0 Å². The fourth-order valence-corrected chi connectivity index (χ4v) is 3.86. The quantitative estimate of drug-likeness (QED) is 0.756. The first-order valence-corrected chi connectivity index (χ1v) is 7.91. The molecular weight excluding hydrogens is 264 g/mol. The number of rotatable bonds is 2. The maximum atomic E-state index is 6.61. The van der Waals surface area contributed by atoms with Crippen LogP contribution in [0.1, 0.15) is 49.6 Å². The molecule has 1 fully saturated rings. The molecule has 1 aliphatic rings. The predicted molar refractivity (Wildman–Crippen MR) is 79.5 cm³/mol. The Morgan fingerprint density at radius 3 is 2.44 bits per heavy atom. The van der Waals surface area contributed by atoms with Crippen LogP contribution in [0.3, 0.4) is 0 Å². The number of halogens is 1. The van der Waals surface area contributed by atoms with Crippen molar-refractivity contribution in [2.75, 3.05) is 13.1 Å². The van der Waals surface area contributed by atoms with Crippen molar-refractivity contribution in [3.8, 4) is 0 Å². The molecule has 18 heavy (non-hydrogen) atoms. The van der Waals surface area contributed by atoms with E-state index in [4.69, 9.17) is 11.6 Å². The van der Waals surface area contributed by atoms with E-state index in [1.54, 1.807) is 11.5 Å². The zero-order valence-electron chi connectivity index (χ0n) is 11.7. The lowest BCUT2D eigenvalue weighted by atomic mass is 9.90. The van der Waals surface area contributed by atoms with Gasteiger partial charge >= 0.3 is 0 Å². The molecule has 2 nitrogen and oxygen atoms in total. The molecule has 1 aliphatic heterocycles. The monoisotopic (exact) mass is 286 g/mol. The highest BCUT2D eigenvalue weighted by atomic mass is 35.5. The van der Waals surface area contributed by atoms with Gasteiger partial charge in [0.25, 0.3) is 0 Å². The molecule has 4 heteroatoms. The van der Waals surface area contributed by atoms with Crippen molar-refractivity contribution in [3.63, 3.8) is 0 Å². The number of likely N-dealkylation sites (tertiary alicyclic amines) is 1. The van der Waals surface area contributed by atoms with E-state index in [1.807, 2.05) is 6.92 Å². The SMILES string of the molecule is Cc1cc(C(Cl)C2CCN(C(C)(C)C)CC2)sn1. The predicted octanol–water partition coefficient (Wildman–Crippen LogP) is 4.24. The van der Waals surface area contributed by atoms with E-state index in [9.17, 15) is 0 Å². The van der Waals surface area contributed by atoms with Crippen molar-refractivity contribution >= 4 is 23.1 Å². The van der Waals surface area contributed by atoms with Gasteiger partial charge in [-0.25, -0.2) is 0 Å². The van der Waals surface area contributed by atoms with Gasteiger partial charge in [0.15, 0.2) is 0 Å². The second-order valence-electron chi connectivity index (χ2n) is 6.27. The van der Waals surface area contributed by atoms with Gasteiger partial charge in [0.05, 0.1) is 11.1 Å². The number of hydrogen-bond donors (Lipinski definition) is 0. The highest BCUT2D eigenvalue weighted by Gasteiger charge is 2.31. The number of alkyl halides is 1. The van der Waals surface area contributed by atoms with E-state index in [-0.39, 0.29) is 10.9 Å². The number of aryl methyl sites for hydroxylation is 1. The summed E-state index contributed by atoms with van der Waals surface area (Å²) in [6.45, 7) is 11.2. The standard InChI is InChI=1S/C14H23ClN2S/c1-10-9-12(18-16-10)13(15)11-5-7-17(8-6-11)14(2,3)4/h9,11,13H,5-8H2,1-4H3. The van der Waals surface area contributed by atoms with Gasteiger partial charge in [-0.3, -0.25) is 4.90 Å². The molecule has 2 heterocycles. The van der Waals surface area contributed by atoms with Crippen molar-refractivity contribution in [3.05, 3.63) is 16.6 Å². The molecule has 1 aromatic rings.